The van der Waals surface area contributed by atoms with Gasteiger partial charge in [0.15, 0.2) is 0 Å². The Kier molecular flexibility index (Phi) is 4.50. The van der Waals surface area contributed by atoms with Crippen LogP contribution in [0, 0.1) is 5.92 Å². The van der Waals surface area contributed by atoms with Gasteiger partial charge in [0.05, 0.1) is 17.6 Å². The van der Waals surface area contributed by atoms with Crippen molar-refractivity contribution in [1.82, 2.24) is 4.72 Å². The van der Waals surface area contributed by atoms with Crippen LogP contribution in [0.1, 0.15) is 23.2 Å². The van der Waals surface area contributed by atoms with Crippen LogP contribution < -0.4 is 20.9 Å². The van der Waals surface area contributed by atoms with Gasteiger partial charge in [-0.15, -0.1) is 0 Å². The molecule has 2 rings (SSSR count). The maximum Gasteiger partial charge on any atom is 0.252 e. The molecule has 0 spiro atoms. The lowest BCUT2D eigenvalue weighted by molar-refractivity contribution is 0.0997. The molecule has 5 N–H and O–H groups in total. The summed E-state index contributed by atoms with van der Waals surface area (Å²) in [5, 5.41) is 0. The highest BCUT2D eigenvalue weighted by Gasteiger charge is 2.29. The number of carbonyl (C=O) groups excluding carboxylic acids is 1. The number of hydrogen-bond donors (Lipinski definition) is 3. The third-order valence-corrected chi connectivity index (χ3v) is 4.90. The molecule has 1 unspecified atom stereocenters. The fourth-order valence-corrected chi connectivity index (χ4v) is 3.13. The lowest BCUT2D eigenvalue weighted by Gasteiger charge is -2.13. The van der Waals surface area contributed by atoms with E-state index in [4.69, 9.17) is 16.2 Å². The Morgan fingerprint density at radius 3 is 2.67 bits per heavy atom. The molecule has 1 aromatic rings. The van der Waals surface area contributed by atoms with Crippen molar-refractivity contribution in [2.45, 2.75) is 23.8 Å². The highest BCUT2D eigenvalue weighted by atomic mass is 32.2. The Balaban J connectivity index is 2.18. The molecule has 0 saturated heterocycles. The zero-order valence-corrected chi connectivity index (χ0v) is 12.5. The van der Waals surface area contributed by atoms with Crippen LogP contribution in [0.15, 0.2) is 23.1 Å². The van der Waals surface area contributed by atoms with Crippen LogP contribution in [-0.2, 0) is 10.0 Å². The topological polar surface area (TPSA) is 125 Å². The first-order valence-electron chi connectivity index (χ1n) is 6.58. The molecule has 0 aliphatic heterocycles. The molecule has 1 aromatic carbocycles. The van der Waals surface area contributed by atoms with Gasteiger partial charge in [-0.05, 0) is 37.0 Å². The van der Waals surface area contributed by atoms with Gasteiger partial charge in [-0.2, -0.15) is 0 Å². The minimum atomic E-state index is -3.74. The molecule has 1 fully saturated rings. The lowest BCUT2D eigenvalue weighted by atomic mass is 10.2. The molecule has 1 amide bonds. The summed E-state index contributed by atoms with van der Waals surface area (Å²) in [4.78, 5) is 11.3. The second kappa shape index (κ2) is 6.00. The maximum atomic E-state index is 12.2. The molecule has 116 valence electrons. The summed E-state index contributed by atoms with van der Waals surface area (Å²) < 4.78 is 31.8. The maximum absolute atomic E-state index is 12.2. The number of hydrogen-bond acceptors (Lipinski definition) is 5. The molecular formula is C13H19N3O4S. The summed E-state index contributed by atoms with van der Waals surface area (Å²) >= 11 is 0. The molecule has 0 heterocycles. The summed E-state index contributed by atoms with van der Waals surface area (Å²) in [5.41, 5.74) is 11.1. The van der Waals surface area contributed by atoms with Gasteiger partial charge in [0, 0.05) is 12.6 Å². The molecular weight excluding hydrogens is 294 g/mol. The van der Waals surface area contributed by atoms with E-state index in [1.165, 1.54) is 25.3 Å². The van der Waals surface area contributed by atoms with Gasteiger partial charge in [0.2, 0.25) is 10.0 Å². The first-order valence-corrected chi connectivity index (χ1v) is 8.06. The Hall–Kier alpha value is -1.64. The van der Waals surface area contributed by atoms with Crippen LogP contribution in [0.2, 0.25) is 0 Å². The predicted octanol–water partition coefficient (Wildman–Crippen LogP) is -0.190. The van der Waals surface area contributed by atoms with Gasteiger partial charge >= 0.3 is 0 Å². The predicted molar refractivity (Wildman–Crippen MR) is 77.4 cm³/mol. The molecule has 21 heavy (non-hydrogen) atoms. The Labute approximate surface area is 123 Å². The summed E-state index contributed by atoms with van der Waals surface area (Å²) in [6, 6.07) is 3.77. The van der Waals surface area contributed by atoms with E-state index in [-0.39, 0.29) is 28.8 Å². The number of primary amides is 1. The van der Waals surface area contributed by atoms with E-state index in [1.54, 1.807) is 0 Å². The second-order valence-electron chi connectivity index (χ2n) is 5.08. The minimum absolute atomic E-state index is 0.0202. The number of benzene rings is 1. The lowest BCUT2D eigenvalue weighted by Crippen LogP contribution is -2.38. The smallest absolute Gasteiger partial charge is 0.252 e. The average Bonchev–Trinajstić information content (AvgIpc) is 3.28. The number of nitrogens with two attached hydrogens (primary N) is 2. The number of methoxy groups -OCH3 is 1. The third kappa shape index (κ3) is 3.72. The van der Waals surface area contributed by atoms with Crippen molar-refractivity contribution in [2.24, 2.45) is 17.4 Å². The molecule has 8 heteroatoms. The van der Waals surface area contributed by atoms with Gasteiger partial charge < -0.3 is 16.2 Å². The molecule has 1 aliphatic rings. The van der Waals surface area contributed by atoms with Crippen LogP contribution in [0.4, 0.5) is 0 Å². The number of nitrogens with one attached hydrogen (secondary N) is 1. The van der Waals surface area contributed by atoms with Crippen molar-refractivity contribution in [3.63, 3.8) is 0 Å². The van der Waals surface area contributed by atoms with E-state index in [0.717, 1.165) is 12.8 Å². The molecule has 0 aromatic heterocycles. The van der Waals surface area contributed by atoms with Crippen molar-refractivity contribution in [3.05, 3.63) is 23.8 Å². The molecule has 1 aliphatic carbocycles. The molecule has 0 bridgehead atoms. The van der Waals surface area contributed by atoms with E-state index < -0.39 is 15.9 Å². The van der Waals surface area contributed by atoms with E-state index in [9.17, 15) is 13.2 Å². The monoisotopic (exact) mass is 313 g/mol. The fraction of sp³-hybridized carbons (Fsp3) is 0.462. The molecule has 7 nitrogen and oxygen atoms in total. The van der Waals surface area contributed by atoms with Crippen LogP contribution in [0.25, 0.3) is 0 Å². The fourth-order valence-electron chi connectivity index (χ4n) is 2.03. The van der Waals surface area contributed by atoms with Gasteiger partial charge in [-0.25, -0.2) is 13.1 Å². The third-order valence-electron chi connectivity index (χ3n) is 3.48. The normalized spacial score (nSPS) is 16.5. The Bertz CT molecular complexity index is 641. The van der Waals surface area contributed by atoms with Crippen LogP contribution >= 0.6 is 0 Å². The van der Waals surface area contributed by atoms with Crippen molar-refractivity contribution in [1.29, 1.82) is 0 Å². The zero-order chi connectivity index (χ0) is 15.6. The van der Waals surface area contributed by atoms with Crippen LogP contribution in [0.3, 0.4) is 0 Å². The van der Waals surface area contributed by atoms with Crippen molar-refractivity contribution < 1.29 is 17.9 Å². The highest BCUT2D eigenvalue weighted by Crippen LogP contribution is 2.31. The first kappa shape index (κ1) is 15.7. The number of sulfonamides is 1. The Morgan fingerprint density at radius 2 is 2.14 bits per heavy atom. The van der Waals surface area contributed by atoms with Gasteiger partial charge in [0.25, 0.3) is 5.91 Å². The number of rotatable bonds is 7. The van der Waals surface area contributed by atoms with Gasteiger partial charge in [-0.3, -0.25) is 4.79 Å². The number of ether oxygens (including phenoxy) is 1. The summed E-state index contributed by atoms with van der Waals surface area (Å²) in [6.07, 6.45) is 2.08. The molecule has 1 atom stereocenters. The quantitative estimate of drug-likeness (QED) is 0.643. The van der Waals surface area contributed by atoms with Crippen LogP contribution in [0.5, 0.6) is 5.75 Å². The van der Waals surface area contributed by atoms with Gasteiger partial charge in [0.1, 0.15) is 5.75 Å². The first-order chi connectivity index (χ1) is 9.85. The van der Waals surface area contributed by atoms with E-state index in [1.807, 2.05) is 0 Å². The van der Waals surface area contributed by atoms with Crippen molar-refractivity contribution in [2.75, 3.05) is 13.7 Å². The Morgan fingerprint density at radius 1 is 1.48 bits per heavy atom. The zero-order valence-electron chi connectivity index (χ0n) is 11.7. The molecule has 0 radical (unpaired) electrons. The largest absolute Gasteiger partial charge is 0.496 e. The average molecular weight is 313 g/mol. The summed E-state index contributed by atoms with van der Waals surface area (Å²) in [6.45, 7) is 0.172. The SMILES string of the molecule is COc1ccc(S(=O)(=O)NCC(N)C2CC2)cc1C(N)=O. The number of amides is 1. The standard InChI is InChI=1S/C13H19N3O4S/c1-20-12-5-4-9(6-10(12)13(15)17)21(18,19)16-7-11(14)8-2-3-8/h4-6,8,11,16H,2-3,7,14H2,1H3,(H2,15,17). The van der Waals surface area contributed by atoms with E-state index >= 15 is 0 Å². The second-order valence-corrected chi connectivity index (χ2v) is 6.85. The molecule has 1 saturated carbocycles. The van der Waals surface area contributed by atoms with Crippen molar-refractivity contribution >= 4 is 15.9 Å². The van der Waals surface area contributed by atoms with E-state index in [2.05, 4.69) is 4.72 Å². The summed E-state index contributed by atoms with van der Waals surface area (Å²) in [7, 11) is -2.36. The number of carbonyl (C=O) groups is 1. The van der Waals surface area contributed by atoms with Crippen molar-refractivity contribution in [3.8, 4) is 5.75 Å². The van der Waals surface area contributed by atoms with Gasteiger partial charge in [-0.1, -0.05) is 0 Å². The van der Waals surface area contributed by atoms with E-state index in [0.29, 0.717) is 5.92 Å². The van der Waals surface area contributed by atoms with Crippen LogP contribution in [-0.4, -0.2) is 34.0 Å². The summed E-state index contributed by atoms with van der Waals surface area (Å²) in [5.74, 6) is -0.125. The highest BCUT2D eigenvalue weighted by molar-refractivity contribution is 7.89. The minimum Gasteiger partial charge on any atom is -0.496 e.